The van der Waals surface area contributed by atoms with E-state index in [-0.39, 0.29) is 32.3 Å². The lowest BCUT2D eigenvalue weighted by Gasteiger charge is -2.15. The van der Waals surface area contributed by atoms with Gasteiger partial charge in [-0.2, -0.15) is 26.3 Å². The fraction of sp³-hybridized carbons (Fsp3) is 0.224. The van der Waals surface area contributed by atoms with Gasteiger partial charge in [0.2, 0.25) is 0 Å². The summed E-state index contributed by atoms with van der Waals surface area (Å²) in [6, 6.07) is 83.4. The molecule has 3 aromatic heterocycles. The Labute approximate surface area is 585 Å². The molecular formula is C85H82F7OS5+5. The fourth-order valence-corrected chi connectivity index (χ4v) is 25.2. The van der Waals surface area contributed by atoms with Gasteiger partial charge in [0.05, 0.1) is 19.1 Å². The lowest BCUT2D eigenvalue weighted by molar-refractivity contribution is -0.138. The second-order valence-electron chi connectivity index (χ2n) is 24.1. The number of halogens is 7. The molecular weight excluding hydrogens is 1330 g/mol. The third-order valence-electron chi connectivity index (χ3n) is 17.4. The van der Waals surface area contributed by atoms with Crippen molar-refractivity contribution in [2.45, 2.75) is 102 Å². The monoisotopic (exact) mass is 1410 g/mol. The molecule has 0 saturated carbocycles. The second kappa shape index (κ2) is 32.8. The molecule has 0 bridgehead atoms. The predicted molar refractivity (Wildman–Crippen MR) is 414 cm³/mol. The Kier molecular flexibility index (Phi) is 23.9. The summed E-state index contributed by atoms with van der Waals surface area (Å²) in [4.78, 5) is 5.83. The number of hydrogen-bond donors (Lipinski definition) is 0. The highest BCUT2D eigenvalue weighted by atomic mass is 32.2. The molecule has 1 nitrogen and oxygen atoms in total. The van der Waals surface area contributed by atoms with Crippen LogP contribution in [0.15, 0.2) is 265 Å². The van der Waals surface area contributed by atoms with E-state index in [0.717, 1.165) is 35.7 Å². The Balaban J connectivity index is 0.000000125. The van der Waals surface area contributed by atoms with E-state index < -0.39 is 34.8 Å². The second-order valence-corrected chi connectivity index (χ2v) is 34.5. The van der Waals surface area contributed by atoms with Crippen LogP contribution in [0.5, 0.6) is 5.75 Å². The molecule has 0 radical (unpaired) electrons. The molecule has 16 rings (SSSR count). The van der Waals surface area contributed by atoms with Crippen molar-refractivity contribution in [1.29, 1.82) is 0 Å². The number of ether oxygens (including phenoxy) is 1. The molecule has 14 aromatic rings. The molecule has 2 saturated heterocycles. The van der Waals surface area contributed by atoms with Gasteiger partial charge in [-0.1, -0.05) is 129 Å². The number of rotatable bonds is 7. The van der Waals surface area contributed by atoms with Crippen LogP contribution in [0.4, 0.5) is 30.7 Å². The third kappa shape index (κ3) is 16.7. The van der Waals surface area contributed by atoms with Gasteiger partial charge in [-0.15, -0.1) is 0 Å². The van der Waals surface area contributed by atoms with Crippen molar-refractivity contribution < 1.29 is 35.5 Å². The van der Waals surface area contributed by atoms with E-state index in [1.165, 1.54) is 132 Å². The Morgan fingerprint density at radius 1 is 0.337 bits per heavy atom. The van der Waals surface area contributed by atoms with Crippen LogP contribution in [0.2, 0.25) is 0 Å². The molecule has 5 heterocycles. The molecule has 2 aliphatic rings. The first-order valence-electron chi connectivity index (χ1n) is 33.5. The van der Waals surface area contributed by atoms with Crippen LogP contribution in [0.25, 0.3) is 75.2 Å². The van der Waals surface area contributed by atoms with Gasteiger partial charge in [0.15, 0.2) is 52.7 Å². The van der Waals surface area contributed by atoms with Crippen molar-refractivity contribution in [2.24, 2.45) is 0 Å². The minimum atomic E-state index is -4.33. The fourth-order valence-electron chi connectivity index (χ4n) is 13.1. The number of thiophene rings is 3. The average molecular weight is 1410 g/mol. The highest BCUT2D eigenvalue weighted by Gasteiger charge is 2.36. The standard InChI is InChI=1S/2C20H14F3S.C18H12FS.C14H21OS.C11H15S.C2H6/c1-13-10-11-14(12-17(13)20(21,22)23)24-18-8-4-2-6-15(18)16-7-3-5-9-19(16)24;21-20(22,23)13-14-6-5-7-15(12-14)24-18-10-3-1-8-16(18)17-9-2-4-11-19(17)24;19-13-6-5-7-14(12-13)20-17-10-3-1-8-15(17)16-9-2-4-11-18(16)20;1-11-9-13(10-12(2)14(11)15-3)16-7-5-4-6-8-16;1-3-7-11(8-4-1)12-9-5-2-6-10-12;1-2/h2-12H,1H3;1-12H,13H2;1-12H;9-10H,4-8H2,1-3H3;1,3-4,7-8H,2,5-6,9-10H2;1-2H3/q5*+1;. The van der Waals surface area contributed by atoms with Crippen molar-refractivity contribution in [1.82, 2.24) is 0 Å². The zero-order chi connectivity index (χ0) is 68.9. The first-order chi connectivity index (χ1) is 47.5. The lowest BCUT2D eigenvalue weighted by atomic mass is 10.1. The van der Waals surface area contributed by atoms with Gasteiger partial charge in [-0.05, 0) is 203 Å². The largest absolute Gasteiger partial charge is 0.496 e. The molecule has 98 heavy (non-hydrogen) atoms. The van der Waals surface area contributed by atoms with Crippen molar-refractivity contribution in [2.75, 3.05) is 30.1 Å². The van der Waals surface area contributed by atoms with Gasteiger partial charge in [0.1, 0.15) is 34.6 Å². The van der Waals surface area contributed by atoms with E-state index in [0.29, 0.717) is 32.2 Å². The lowest BCUT2D eigenvalue weighted by Crippen LogP contribution is -2.18. The zero-order valence-electron chi connectivity index (χ0n) is 56.1. The summed E-state index contributed by atoms with van der Waals surface area (Å²) in [5, 5.41) is 7.14. The summed E-state index contributed by atoms with van der Waals surface area (Å²) < 4.78 is 104. The molecule has 13 heteroatoms. The van der Waals surface area contributed by atoms with Gasteiger partial charge in [-0.25, -0.2) is 4.39 Å². The number of benzene rings is 11. The van der Waals surface area contributed by atoms with Crippen molar-refractivity contribution in [3.8, 4) is 20.4 Å². The maximum Gasteiger partial charge on any atom is 0.416 e. The van der Waals surface area contributed by atoms with Gasteiger partial charge in [-0.3, -0.25) is 0 Å². The van der Waals surface area contributed by atoms with Crippen LogP contribution < -0.4 is 4.74 Å². The maximum absolute atomic E-state index is 13.6. The van der Waals surface area contributed by atoms with Crippen molar-refractivity contribution in [3.63, 3.8) is 0 Å². The van der Waals surface area contributed by atoms with Crippen molar-refractivity contribution in [3.05, 3.63) is 288 Å². The van der Waals surface area contributed by atoms with Gasteiger partial charge in [0.25, 0.3) is 0 Å². The molecule has 502 valence electrons. The summed E-state index contributed by atoms with van der Waals surface area (Å²) in [7, 11) is 1.83. The molecule has 0 amide bonds. The SMILES string of the molecule is CC.COc1c(C)cc([S+]2CCCCC2)cc1C.Cc1ccc(-[s+]2c3ccccc3c3ccccc32)cc1C(F)(F)F.FC(F)(F)Cc1cccc(-[s+]2c3ccccc3c3ccccc32)c1.Fc1cccc(-[s+]2c3ccccc3c3ccccc32)c1.c1ccc([S+]2CCCCC2)cc1. The third-order valence-corrected chi connectivity index (χ3v) is 29.4. The van der Waals surface area contributed by atoms with Crippen molar-refractivity contribution >= 4 is 114 Å². The molecule has 0 unspecified atom stereocenters. The Bertz CT molecular complexity index is 4790. The van der Waals surface area contributed by atoms with E-state index >= 15 is 0 Å². The summed E-state index contributed by atoms with van der Waals surface area (Å²) in [6.07, 6.45) is -0.818. The average Bonchev–Trinajstić information content (AvgIpc) is 1.61. The van der Waals surface area contributed by atoms with Crippen LogP contribution >= 0.6 is 31.4 Å². The highest BCUT2D eigenvalue weighted by Crippen LogP contribution is 2.52. The Hall–Kier alpha value is -7.91. The van der Waals surface area contributed by atoms with Gasteiger partial charge >= 0.3 is 12.4 Å². The van der Waals surface area contributed by atoms with Gasteiger partial charge < -0.3 is 4.74 Å². The molecule has 11 aromatic carbocycles. The zero-order valence-corrected chi connectivity index (χ0v) is 60.2. The Morgan fingerprint density at radius 2 is 0.684 bits per heavy atom. The topological polar surface area (TPSA) is 9.23 Å². The van der Waals surface area contributed by atoms with E-state index in [4.69, 9.17) is 4.74 Å². The van der Waals surface area contributed by atoms with E-state index in [9.17, 15) is 30.7 Å². The minimum Gasteiger partial charge on any atom is -0.496 e. The number of methoxy groups -OCH3 is 1. The van der Waals surface area contributed by atoms with Crippen LogP contribution in [0.3, 0.4) is 0 Å². The van der Waals surface area contributed by atoms with Crippen LogP contribution in [-0.2, 0) is 34.4 Å². The predicted octanol–water partition coefficient (Wildman–Crippen LogP) is 27.1. The van der Waals surface area contributed by atoms with Gasteiger partial charge in [0, 0.05) is 104 Å². The quantitative estimate of drug-likeness (QED) is 0.114. The Morgan fingerprint density at radius 3 is 1.06 bits per heavy atom. The molecule has 2 aliphatic heterocycles. The maximum atomic E-state index is 13.6. The summed E-state index contributed by atoms with van der Waals surface area (Å²) in [6.45, 7) is 9.82. The number of hydrogen-bond acceptors (Lipinski definition) is 1. The molecule has 2 fully saturated rings. The van der Waals surface area contributed by atoms with Crippen LogP contribution in [0.1, 0.15) is 80.2 Å². The minimum absolute atomic E-state index is 0.170. The summed E-state index contributed by atoms with van der Waals surface area (Å²) in [5.74, 6) is 6.55. The van der Waals surface area contributed by atoms with E-state index in [1.807, 2.05) is 105 Å². The van der Waals surface area contributed by atoms with Crippen LogP contribution in [-0.4, -0.2) is 36.3 Å². The normalized spacial score (nSPS) is 13.5. The smallest absolute Gasteiger partial charge is 0.416 e. The van der Waals surface area contributed by atoms with Crippen LogP contribution in [0, 0.1) is 26.6 Å². The summed E-state index contributed by atoms with van der Waals surface area (Å²) in [5.41, 5.74) is 2.60. The first-order valence-corrected chi connectivity index (χ1v) is 40.3. The number of alkyl halides is 6. The van der Waals surface area contributed by atoms with E-state index in [1.54, 1.807) is 53.3 Å². The molecule has 0 aliphatic carbocycles. The number of aryl methyl sites for hydroxylation is 3. The first kappa shape index (κ1) is 71.4. The molecule has 0 spiro atoms. The number of fused-ring (bicyclic) bond motifs is 9. The van der Waals surface area contributed by atoms with E-state index in [2.05, 4.69) is 129 Å². The molecule has 0 atom stereocenters. The summed E-state index contributed by atoms with van der Waals surface area (Å²) >= 11 is 0. The highest BCUT2D eigenvalue weighted by molar-refractivity contribution is 7.97. The molecule has 0 N–H and O–H groups in total.